The third-order valence-corrected chi connectivity index (χ3v) is 6.18. The van der Waals surface area contributed by atoms with Gasteiger partial charge >= 0.3 is 0 Å². The Hall–Kier alpha value is -2.27. The van der Waals surface area contributed by atoms with E-state index in [9.17, 15) is 0 Å². The van der Waals surface area contributed by atoms with E-state index in [2.05, 4.69) is 48.3 Å². The molecule has 4 nitrogen and oxygen atoms in total. The Morgan fingerprint density at radius 2 is 2.00 bits per heavy atom. The number of rotatable bonds is 1. The molecule has 120 valence electrons. The number of fused-ring (bicyclic) bond motifs is 5. The first-order valence-electron chi connectivity index (χ1n) is 8.42. The zero-order valence-electron chi connectivity index (χ0n) is 13.8. The summed E-state index contributed by atoms with van der Waals surface area (Å²) < 4.78 is 2.04. The molecule has 0 fully saturated rings. The second-order valence-electron chi connectivity index (χ2n) is 6.86. The third kappa shape index (κ3) is 2.01. The van der Waals surface area contributed by atoms with Gasteiger partial charge in [-0.3, -0.25) is 4.40 Å². The number of nitrogens with zero attached hydrogens (tertiary/aromatic N) is 4. The quantitative estimate of drug-likeness (QED) is 0.517. The molecule has 24 heavy (non-hydrogen) atoms. The van der Waals surface area contributed by atoms with E-state index in [1.807, 2.05) is 22.1 Å². The van der Waals surface area contributed by atoms with Gasteiger partial charge in [-0.15, -0.1) is 21.5 Å². The molecule has 3 heterocycles. The number of aromatic nitrogens is 4. The summed E-state index contributed by atoms with van der Waals surface area (Å²) in [6.45, 7) is 4.43. The first kappa shape index (κ1) is 14.1. The summed E-state index contributed by atoms with van der Waals surface area (Å²) in [6, 6.07) is 8.41. The van der Waals surface area contributed by atoms with Crippen molar-refractivity contribution < 1.29 is 0 Å². The summed E-state index contributed by atoms with van der Waals surface area (Å²) >= 11 is 1.83. The maximum atomic E-state index is 4.72. The Labute approximate surface area is 144 Å². The topological polar surface area (TPSA) is 43.1 Å². The van der Waals surface area contributed by atoms with Gasteiger partial charge in [0.15, 0.2) is 11.5 Å². The lowest BCUT2D eigenvalue weighted by atomic mass is 9.89. The molecule has 0 spiro atoms. The van der Waals surface area contributed by atoms with Crippen molar-refractivity contribution >= 4 is 27.2 Å². The van der Waals surface area contributed by atoms with Crippen molar-refractivity contribution in [2.45, 2.75) is 33.1 Å². The van der Waals surface area contributed by atoms with Gasteiger partial charge in [-0.1, -0.05) is 36.8 Å². The van der Waals surface area contributed by atoms with Crippen LogP contribution in [0.4, 0.5) is 0 Å². The maximum absolute atomic E-state index is 4.72. The van der Waals surface area contributed by atoms with Crippen LogP contribution in [-0.2, 0) is 12.8 Å². The molecular formula is C19H18N4S. The predicted molar refractivity (Wildman–Crippen MR) is 97.5 cm³/mol. The summed E-state index contributed by atoms with van der Waals surface area (Å²) in [7, 11) is 0. The largest absolute Gasteiger partial charge is 0.265 e. The lowest BCUT2D eigenvalue weighted by Crippen LogP contribution is -2.08. The monoisotopic (exact) mass is 334 g/mol. The zero-order valence-corrected chi connectivity index (χ0v) is 14.6. The van der Waals surface area contributed by atoms with Crippen LogP contribution in [0.2, 0.25) is 0 Å². The fourth-order valence-corrected chi connectivity index (χ4v) is 4.98. The van der Waals surface area contributed by atoms with Crippen molar-refractivity contribution in [2.24, 2.45) is 5.92 Å². The summed E-state index contributed by atoms with van der Waals surface area (Å²) in [6.07, 6.45) is 5.42. The van der Waals surface area contributed by atoms with Crippen molar-refractivity contribution in [3.05, 3.63) is 46.6 Å². The highest BCUT2D eigenvalue weighted by atomic mass is 32.1. The van der Waals surface area contributed by atoms with Crippen LogP contribution in [0.5, 0.6) is 0 Å². The minimum absolute atomic E-state index is 0.766. The van der Waals surface area contributed by atoms with Gasteiger partial charge in [0.2, 0.25) is 0 Å². The zero-order chi connectivity index (χ0) is 16.3. The maximum Gasteiger partial charge on any atom is 0.172 e. The molecular weight excluding hydrogens is 316 g/mol. The first-order valence-corrected chi connectivity index (χ1v) is 9.23. The molecule has 1 aliphatic carbocycles. The molecule has 1 atom stereocenters. The van der Waals surface area contributed by atoms with Gasteiger partial charge in [-0.2, -0.15) is 0 Å². The highest BCUT2D eigenvalue weighted by Gasteiger charge is 2.23. The Morgan fingerprint density at radius 3 is 2.83 bits per heavy atom. The van der Waals surface area contributed by atoms with E-state index >= 15 is 0 Å². The second-order valence-corrected chi connectivity index (χ2v) is 7.94. The Bertz CT molecular complexity index is 1060. The fourth-order valence-electron chi connectivity index (χ4n) is 3.64. The molecule has 1 aromatic carbocycles. The van der Waals surface area contributed by atoms with Gasteiger partial charge in [0.1, 0.15) is 11.2 Å². The average molecular weight is 334 g/mol. The standard InChI is InChI=1S/C19H18N4S/c1-11-3-6-13(7-4-11)17-21-22-18-16-14-8-5-12(2)9-15(14)24-19(16)20-10-23(17)18/h3-4,6-7,10,12H,5,8-9H2,1-2H3/t12-/m1/s1. The summed E-state index contributed by atoms with van der Waals surface area (Å²) in [4.78, 5) is 7.31. The van der Waals surface area contributed by atoms with Crippen LogP contribution < -0.4 is 0 Å². The highest BCUT2D eigenvalue weighted by Crippen LogP contribution is 2.39. The molecule has 0 unspecified atom stereocenters. The van der Waals surface area contributed by atoms with E-state index in [1.165, 1.54) is 34.2 Å². The fraction of sp³-hybridized carbons (Fsp3) is 0.316. The number of aryl methyl sites for hydroxylation is 2. The number of benzene rings is 1. The van der Waals surface area contributed by atoms with Crippen molar-refractivity contribution in [3.63, 3.8) is 0 Å². The molecule has 0 aliphatic heterocycles. The van der Waals surface area contributed by atoms with Crippen molar-refractivity contribution in [2.75, 3.05) is 0 Å². The first-order chi connectivity index (χ1) is 11.7. The van der Waals surface area contributed by atoms with E-state index in [0.717, 1.165) is 34.2 Å². The molecule has 5 heteroatoms. The lowest BCUT2D eigenvalue weighted by molar-refractivity contribution is 0.509. The summed E-state index contributed by atoms with van der Waals surface area (Å²) in [5.74, 6) is 1.63. The van der Waals surface area contributed by atoms with Crippen molar-refractivity contribution in [3.8, 4) is 11.4 Å². The van der Waals surface area contributed by atoms with E-state index in [4.69, 9.17) is 4.98 Å². The Balaban J connectivity index is 1.76. The summed E-state index contributed by atoms with van der Waals surface area (Å²) in [5.41, 5.74) is 4.72. The minimum atomic E-state index is 0.766. The third-order valence-electron chi connectivity index (χ3n) is 5.01. The predicted octanol–water partition coefficient (Wildman–Crippen LogP) is 4.44. The van der Waals surface area contributed by atoms with Crippen molar-refractivity contribution in [1.82, 2.24) is 19.6 Å². The number of hydrogen-bond acceptors (Lipinski definition) is 4. The van der Waals surface area contributed by atoms with Crippen LogP contribution >= 0.6 is 11.3 Å². The smallest absolute Gasteiger partial charge is 0.172 e. The van der Waals surface area contributed by atoms with Crippen LogP contribution in [0.1, 0.15) is 29.3 Å². The molecule has 0 radical (unpaired) electrons. The Morgan fingerprint density at radius 1 is 1.17 bits per heavy atom. The lowest BCUT2D eigenvalue weighted by Gasteiger charge is -2.17. The molecule has 0 saturated heterocycles. The molecule has 3 aromatic heterocycles. The van der Waals surface area contributed by atoms with Crippen LogP contribution in [0.15, 0.2) is 30.6 Å². The molecule has 5 rings (SSSR count). The molecule has 0 bridgehead atoms. The highest BCUT2D eigenvalue weighted by molar-refractivity contribution is 7.19. The molecule has 0 amide bonds. The summed E-state index contributed by atoms with van der Waals surface area (Å²) in [5, 5.41) is 10.2. The van der Waals surface area contributed by atoms with Gasteiger partial charge in [0, 0.05) is 10.4 Å². The van der Waals surface area contributed by atoms with Gasteiger partial charge in [0.05, 0.1) is 5.39 Å². The van der Waals surface area contributed by atoms with Crippen LogP contribution in [0.3, 0.4) is 0 Å². The Kier molecular flexibility index (Phi) is 3.00. The molecule has 1 aliphatic rings. The average Bonchev–Trinajstić information content (AvgIpc) is 3.15. The molecule has 0 N–H and O–H groups in total. The van der Waals surface area contributed by atoms with E-state index in [1.54, 1.807) is 0 Å². The van der Waals surface area contributed by atoms with Gasteiger partial charge in [0.25, 0.3) is 0 Å². The SMILES string of the molecule is Cc1ccc(-c2nnc3c4c5c(sc4ncn23)C[C@H](C)CC5)cc1. The normalized spacial score (nSPS) is 17.5. The van der Waals surface area contributed by atoms with Crippen LogP contribution in [-0.4, -0.2) is 19.6 Å². The van der Waals surface area contributed by atoms with Gasteiger partial charge < -0.3 is 0 Å². The van der Waals surface area contributed by atoms with Crippen LogP contribution in [0.25, 0.3) is 27.3 Å². The number of hydrogen-bond donors (Lipinski definition) is 0. The van der Waals surface area contributed by atoms with Crippen molar-refractivity contribution in [1.29, 1.82) is 0 Å². The minimum Gasteiger partial charge on any atom is -0.265 e. The second kappa shape index (κ2) is 5.11. The number of thiophene rings is 1. The van der Waals surface area contributed by atoms with Gasteiger partial charge in [-0.05, 0) is 37.7 Å². The van der Waals surface area contributed by atoms with E-state index in [0.29, 0.717) is 0 Å². The molecule has 0 saturated carbocycles. The van der Waals surface area contributed by atoms with E-state index < -0.39 is 0 Å². The van der Waals surface area contributed by atoms with Crippen LogP contribution in [0, 0.1) is 12.8 Å². The van der Waals surface area contributed by atoms with E-state index in [-0.39, 0.29) is 0 Å². The van der Waals surface area contributed by atoms with Gasteiger partial charge in [-0.25, -0.2) is 4.98 Å². The molecule has 4 aromatic rings.